The van der Waals surface area contributed by atoms with Gasteiger partial charge in [-0.25, -0.2) is 0 Å². The van der Waals surface area contributed by atoms with E-state index < -0.39 is 0 Å². The quantitative estimate of drug-likeness (QED) is 0.626. The molecule has 0 saturated carbocycles. The first-order valence-electron chi connectivity index (χ1n) is 3.36. The third-order valence-electron chi connectivity index (χ3n) is 1.56. The molecule has 0 N–H and O–H groups in total. The van der Waals surface area contributed by atoms with Crippen molar-refractivity contribution in [2.24, 2.45) is 0 Å². The van der Waals surface area contributed by atoms with Crippen molar-refractivity contribution in [1.82, 2.24) is 4.98 Å². The second-order valence-corrected chi connectivity index (χ2v) is 3.22. The van der Waals surface area contributed by atoms with E-state index in [0.29, 0.717) is 0 Å². The Balaban J connectivity index is 2.76. The second-order valence-electron chi connectivity index (χ2n) is 2.28. The molecule has 2 aromatic heterocycles. The number of rotatable bonds is 1. The monoisotopic (exact) mass is 161 g/mol. The molecule has 0 bridgehead atoms. The lowest BCUT2D eigenvalue weighted by atomic mass is 10.3. The predicted octanol–water partition coefficient (Wildman–Crippen LogP) is 2.94. The average Bonchev–Trinajstić information content (AvgIpc) is 2.50. The van der Waals surface area contributed by atoms with E-state index in [1.165, 1.54) is 4.70 Å². The molecular weight excluding hydrogens is 154 g/mol. The summed E-state index contributed by atoms with van der Waals surface area (Å²) in [5, 5.41) is 2.05. The highest BCUT2D eigenvalue weighted by Crippen LogP contribution is 2.19. The molecule has 0 amide bonds. The van der Waals surface area contributed by atoms with Gasteiger partial charge in [-0.2, -0.15) is 0 Å². The zero-order chi connectivity index (χ0) is 7.68. The molecule has 0 atom stereocenters. The fourth-order valence-electron chi connectivity index (χ4n) is 0.973. The lowest BCUT2D eigenvalue weighted by Crippen LogP contribution is -1.74. The van der Waals surface area contributed by atoms with Gasteiger partial charge in [-0.15, -0.1) is 11.3 Å². The average molecular weight is 161 g/mol. The Morgan fingerprint density at radius 2 is 2.45 bits per heavy atom. The van der Waals surface area contributed by atoms with Crippen LogP contribution in [0.25, 0.3) is 16.3 Å². The predicted molar refractivity (Wildman–Crippen MR) is 49.7 cm³/mol. The zero-order valence-corrected chi connectivity index (χ0v) is 6.77. The van der Waals surface area contributed by atoms with Crippen molar-refractivity contribution >= 4 is 27.6 Å². The summed E-state index contributed by atoms with van der Waals surface area (Å²) in [5.41, 5.74) is 2.15. The standard InChI is InChI=1S/C9H7NS/c1-2-7-5-9-8(10-6-7)3-4-11-9/h2-6H,1H2. The molecule has 2 rings (SSSR count). The number of thiophene rings is 1. The van der Waals surface area contributed by atoms with Gasteiger partial charge in [0.05, 0.1) is 10.2 Å². The first-order chi connectivity index (χ1) is 5.40. The molecule has 1 nitrogen and oxygen atoms in total. The molecule has 2 aromatic rings. The fourth-order valence-corrected chi connectivity index (χ4v) is 1.76. The maximum Gasteiger partial charge on any atom is 0.0810 e. The van der Waals surface area contributed by atoms with Gasteiger partial charge in [-0.1, -0.05) is 12.7 Å². The summed E-state index contributed by atoms with van der Waals surface area (Å²) in [5.74, 6) is 0. The minimum atomic E-state index is 1.07. The summed E-state index contributed by atoms with van der Waals surface area (Å²) in [7, 11) is 0. The Morgan fingerprint density at radius 1 is 1.55 bits per heavy atom. The van der Waals surface area contributed by atoms with Crippen molar-refractivity contribution < 1.29 is 0 Å². The summed E-state index contributed by atoms with van der Waals surface area (Å²) in [6.45, 7) is 3.69. The zero-order valence-electron chi connectivity index (χ0n) is 5.95. The van der Waals surface area contributed by atoms with E-state index in [0.717, 1.165) is 11.1 Å². The molecule has 11 heavy (non-hydrogen) atoms. The first-order valence-corrected chi connectivity index (χ1v) is 4.24. The highest BCUT2D eigenvalue weighted by Gasteiger charge is 1.94. The van der Waals surface area contributed by atoms with Crippen LogP contribution in [0, 0.1) is 0 Å². The molecule has 0 fully saturated rings. The SMILES string of the molecule is C=Cc1cnc2ccsc2c1. The molecule has 0 aliphatic heterocycles. The van der Waals surface area contributed by atoms with E-state index in [2.05, 4.69) is 17.6 Å². The van der Waals surface area contributed by atoms with Crippen molar-refractivity contribution in [3.8, 4) is 0 Å². The largest absolute Gasteiger partial charge is 0.255 e. The van der Waals surface area contributed by atoms with E-state index >= 15 is 0 Å². The van der Waals surface area contributed by atoms with Gasteiger partial charge in [0.15, 0.2) is 0 Å². The summed E-state index contributed by atoms with van der Waals surface area (Å²) in [6.07, 6.45) is 3.65. The van der Waals surface area contributed by atoms with Crippen molar-refractivity contribution in [2.45, 2.75) is 0 Å². The van der Waals surface area contributed by atoms with E-state index in [1.54, 1.807) is 11.3 Å². The second kappa shape index (κ2) is 2.47. The van der Waals surface area contributed by atoms with Crippen LogP contribution in [-0.4, -0.2) is 4.98 Å². The summed E-state index contributed by atoms with van der Waals surface area (Å²) in [4.78, 5) is 4.25. The van der Waals surface area contributed by atoms with Crippen LogP contribution >= 0.6 is 11.3 Å². The van der Waals surface area contributed by atoms with E-state index in [4.69, 9.17) is 0 Å². The van der Waals surface area contributed by atoms with Gasteiger partial charge in [0.25, 0.3) is 0 Å². The van der Waals surface area contributed by atoms with Crippen molar-refractivity contribution in [3.63, 3.8) is 0 Å². The normalized spacial score (nSPS) is 10.2. The van der Waals surface area contributed by atoms with Gasteiger partial charge in [-0.05, 0) is 23.1 Å². The third kappa shape index (κ3) is 1.05. The Labute approximate surface area is 69.0 Å². The summed E-state index contributed by atoms with van der Waals surface area (Å²) >= 11 is 1.71. The molecule has 0 radical (unpaired) electrons. The third-order valence-corrected chi connectivity index (χ3v) is 2.41. The van der Waals surface area contributed by atoms with Crippen LogP contribution in [-0.2, 0) is 0 Å². The molecule has 0 aliphatic rings. The van der Waals surface area contributed by atoms with Crippen LogP contribution in [0.3, 0.4) is 0 Å². The number of nitrogens with zero attached hydrogens (tertiary/aromatic N) is 1. The minimum absolute atomic E-state index is 1.07. The van der Waals surface area contributed by atoms with Crippen molar-refractivity contribution in [1.29, 1.82) is 0 Å². The number of fused-ring (bicyclic) bond motifs is 1. The molecule has 2 heteroatoms. The topological polar surface area (TPSA) is 12.9 Å². The number of hydrogen-bond acceptors (Lipinski definition) is 2. The number of pyridine rings is 1. The van der Waals surface area contributed by atoms with Gasteiger partial charge in [0.1, 0.15) is 0 Å². The molecule has 0 unspecified atom stereocenters. The van der Waals surface area contributed by atoms with Crippen LogP contribution < -0.4 is 0 Å². The summed E-state index contributed by atoms with van der Waals surface area (Å²) in [6, 6.07) is 4.12. The molecule has 0 aliphatic carbocycles. The lowest BCUT2D eigenvalue weighted by Gasteiger charge is -1.90. The van der Waals surface area contributed by atoms with Crippen LogP contribution in [0.4, 0.5) is 0 Å². The minimum Gasteiger partial charge on any atom is -0.255 e. The van der Waals surface area contributed by atoms with Gasteiger partial charge in [-0.3, -0.25) is 4.98 Å². The van der Waals surface area contributed by atoms with E-state index in [1.807, 2.05) is 23.7 Å². The highest BCUT2D eigenvalue weighted by atomic mass is 32.1. The maximum atomic E-state index is 4.25. The molecule has 2 heterocycles. The Morgan fingerprint density at radius 3 is 3.27 bits per heavy atom. The summed E-state index contributed by atoms with van der Waals surface area (Å²) < 4.78 is 1.22. The fraction of sp³-hybridized carbons (Fsp3) is 0. The molecule has 0 aromatic carbocycles. The van der Waals surface area contributed by atoms with Crippen LogP contribution in [0.15, 0.2) is 30.3 Å². The van der Waals surface area contributed by atoms with Crippen molar-refractivity contribution in [3.05, 3.63) is 35.9 Å². The Kier molecular flexibility index (Phi) is 1.47. The van der Waals surface area contributed by atoms with E-state index in [-0.39, 0.29) is 0 Å². The van der Waals surface area contributed by atoms with Gasteiger partial charge in [0.2, 0.25) is 0 Å². The molecular formula is C9H7NS. The van der Waals surface area contributed by atoms with Gasteiger partial charge < -0.3 is 0 Å². The molecule has 54 valence electrons. The van der Waals surface area contributed by atoms with Crippen LogP contribution in [0.2, 0.25) is 0 Å². The first kappa shape index (κ1) is 6.55. The molecule has 0 saturated heterocycles. The van der Waals surface area contributed by atoms with Crippen LogP contribution in [0.1, 0.15) is 5.56 Å². The Hall–Kier alpha value is -1.15. The lowest BCUT2D eigenvalue weighted by molar-refractivity contribution is 1.41. The molecule has 0 spiro atoms. The number of hydrogen-bond donors (Lipinski definition) is 0. The van der Waals surface area contributed by atoms with Crippen molar-refractivity contribution in [2.75, 3.05) is 0 Å². The smallest absolute Gasteiger partial charge is 0.0810 e. The maximum absolute atomic E-state index is 4.25. The van der Waals surface area contributed by atoms with Crippen LogP contribution in [0.5, 0.6) is 0 Å². The highest BCUT2D eigenvalue weighted by molar-refractivity contribution is 7.17. The van der Waals surface area contributed by atoms with E-state index in [9.17, 15) is 0 Å². The number of aromatic nitrogens is 1. The Bertz CT molecular complexity index is 389. The van der Waals surface area contributed by atoms with Gasteiger partial charge >= 0.3 is 0 Å². The van der Waals surface area contributed by atoms with Gasteiger partial charge in [0, 0.05) is 6.20 Å².